The van der Waals surface area contributed by atoms with Crippen molar-refractivity contribution < 1.29 is 27.6 Å². The fourth-order valence-corrected chi connectivity index (χ4v) is 5.60. The van der Waals surface area contributed by atoms with Crippen molar-refractivity contribution in [3.8, 4) is 6.07 Å². The number of halogens is 4. The quantitative estimate of drug-likeness (QED) is 0.319. The molecule has 4 rings (SSSR count). The summed E-state index contributed by atoms with van der Waals surface area (Å²) in [6.45, 7) is 4.74. The largest absolute Gasteiger partial charge is 0.351 e. The molecule has 2 atom stereocenters. The summed E-state index contributed by atoms with van der Waals surface area (Å²) in [7, 11) is 0. The zero-order valence-electron chi connectivity index (χ0n) is 21.4. The highest BCUT2D eigenvalue weighted by atomic mass is 127. The predicted octanol–water partition coefficient (Wildman–Crippen LogP) is 4.92. The number of anilines is 1. The van der Waals surface area contributed by atoms with E-state index in [1.165, 1.54) is 18.3 Å². The molecule has 1 saturated carbocycles. The van der Waals surface area contributed by atoms with Gasteiger partial charge in [-0.25, -0.2) is 18.2 Å². The van der Waals surface area contributed by atoms with Gasteiger partial charge in [-0.1, -0.05) is 24.8 Å². The maximum absolute atomic E-state index is 15.0. The molecule has 1 aromatic heterocycles. The number of hydrogen-bond acceptors (Lipinski definition) is 5. The second-order valence-corrected chi connectivity index (χ2v) is 10.7. The van der Waals surface area contributed by atoms with E-state index in [1.54, 1.807) is 24.3 Å². The van der Waals surface area contributed by atoms with Gasteiger partial charge >= 0.3 is 0 Å². The van der Waals surface area contributed by atoms with E-state index >= 15 is 0 Å². The Labute approximate surface area is 242 Å². The Bertz CT molecular complexity index is 1430. The molecule has 1 aromatic carbocycles. The van der Waals surface area contributed by atoms with Crippen LogP contribution in [0.2, 0.25) is 0 Å². The number of carbonyl (C=O) groups is 3. The second-order valence-electron chi connectivity index (χ2n) is 9.56. The number of allylic oxidation sites excluding steroid dienone is 2. The zero-order valence-corrected chi connectivity index (χ0v) is 23.6. The van der Waals surface area contributed by atoms with Gasteiger partial charge < -0.3 is 5.32 Å². The number of carbonyl (C=O) groups excluding carboxylic acids is 3. The van der Waals surface area contributed by atoms with Crippen molar-refractivity contribution in [1.29, 1.82) is 5.26 Å². The van der Waals surface area contributed by atoms with Gasteiger partial charge in [0.15, 0.2) is 0 Å². The number of nitriles is 1. The van der Waals surface area contributed by atoms with Gasteiger partial charge in [0.05, 0.1) is 17.3 Å². The molecule has 1 saturated heterocycles. The van der Waals surface area contributed by atoms with Gasteiger partial charge in [-0.3, -0.25) is 24.2 Å². The average Bonchev–Trinajstić information content (AvgIpc) is 3.29. The first-order valence-corrected chi connectivity index (χ1v) is 13.5. The van der Waals surface area contributed by atoms with Gasteiger partial charge in [0, 0.05) is 35.1 Å². The highest BCUT2D eigenvalue weighted by molar-refractivity contribution is 14.1. The van der Waals surface area contributed by atoms with Crippen LogP contribution in [0.25, 0.3) is 0 Å². The molecule has 3 amide bonds. The molecule has 0 spiro atoms. The maximum Gasteiger partial charge on any atom is 0.252 e. The summed E-state index contributed by atoms with van der Waals surface area (Å²) in [5.41, 5.74) is 0.246. The summed E-state index contributed by atoms with van der Waals surface area (Å²) in [6, 6.07) is 7.92. The van der Waals surface area contributed by atoms with Crippen LogP contribution in [0.5, 0.6) is 0 Å². The SMILES string of the molecule is C=C/C(=C(\C)F)N(C(=O)[C@@H]1CCC(=O)N1c1cc(C#N)ccn1)[C@H](C(=O)NC1CC(F)(F)C1)c1ccccc1I. The molecule has 0 bridgehead atoms. The summed E-state index contributed by atoms with van der Waals surface area (Å²) < 4.78 is 42.7. The Hall–Kier alpha value is -3.73. The van der Waals surface area contributed by atoms with Crippen LogP contribution in [0.3, 0.4) is 0 Å². The molecular weight excluding hydrogens is 638 g/mol. The van der Waals surface area contributed by atoms with Crippen LogP contribution >= 0.6 is 22.6 Å². The van der Waals surface area contributed by atoms with Crippen molar-refractivity contribution in [3.05, 3.63) is 81.5 Å². The summed E-state index contributed by atoms with van der Waals surface area (Å²) in [4.78, 5) is 47.3. The van der Waals surface area contributed by atoms with E-state index in [4.69, 9.17) is 0 Å². The van der Waals surface area contributed by atoms with Gasteiger partial charge in [-0.15, -0.1) is 0 Å². The smallest absolute Gasteiger partial charge is 0.252 e. The number of pyridine rings is 1. The van der Waals surface area contributed by atoms with Crippen molar-refractivity contribution in [2.45, 2.75) is 56.7 Å². The number of hydrogen-bond donors (Lipinski definition) is 1. The number of benzene rings is 1. The van der Waals surface area contributed by atoms with Crippen molar-refractivity contribution in [2.75, 3.05) is 4.90 Å². The fourth-order valence-electron chi connectivity index (χ4n) is 4.91. The van der Waals surface area contributed by atoms with Crippen molar-refractivity contribution >= 4 is 46.1 Å². The molecule has 12 heteroatoms. The summed E-state index contributed by atoms with van der Waals surface area (Å²) in [5.74, 6) is -5.66. The third-order valence-electron chi connectivity index (χ3n) is 6.80. The van der Waals surface area contributed by atoms with Gasteiger partial charge in [0.25, 0.3) is 11.8 Å². The van der Waals surface area contributed by atoms with Crippen LogP contribution in [0, 0.1) is 14.9 Å². The summed E-state index contributed by atoms with van der Waals surface area (Å²) in [6.07, 6.45) is 1.33. The molecule has 1 aliphatic heterocycles. The van der Waals surface area contributed by atoms with E-state index in [0.717, 1.165) is 22.8 Å². The Morgan fingerprint density at radius 2 is 2.02 bits per heavy atom. The van der Waals surface area contributed by atoms with Crippen LogP contribution in [-0.2, 0) is 14.4 Å². The van der Waals surface area contributed by atoms with E-state index in [9.17, 15) is 32.8 Å². The Kier molecular flexibility index (Phi) is 8.62. The fraction of sp³-hybridized carbons (Fsp3) is 0.321. The highest BCUT2D eigenvalue weighted by Gasteiger charge is 2.49. The number of aromatic nitrogens is 1. The molecular formula is C28H25F3IN5O3. The van der Waals surface area contributed by atoms with E-state index in [0.29, 0.717) is 9.13 Å². The van der Waals surface area contributed by atoms with Crippen LogP contribution in [0.1, 0.15) is 49.8 Å². The average molecular weight is 663 g/mol. The minimum Gasteiger partial charge on any atom is -0.351 e. The molecule has 208 valence electrons. The van der Waals surface area contributed by atoms with E-state index < -0.39 is 60.4 Å². The maximum atomic E-state index is 15.0. The number of rotatable bonds is 8. The van der Waals surface area contributed by atoms with E-state index in [1.807, 2.05) is 28.7 Å². The van der Waals surface area contributed by atoms with Crippen LogP contribution in [0.15, 0.2) is 66.8 Å². The van der Waals surface area contributed by atoms with E-state index in [-0.39, 0.29) is 29.9 Å². The molecule has 0 unspecified atom stereocenters. The topological polar surface area (TPSA) is 106 Å². The molecule has 8 nitrogen and oxygen atoms in total. The number of nitrogens with one attached hydrogen (secondary N) is 1. The first kappa shape index (κ1) is 29.3. The Morgan fingerprint density at radius 1 is 1.32 bits per heavy atom. The van der Waals surface area contributed by atoms with Gasteiger partial charge in [-0.2, -0.15) is 5.26 Å². The summed E-state index contributed by atoms with van der Waals surface area (Å²) >= 11 is 1.97. The first-order chi connectivity index (χ1) is 19.0. The molecule has 1 aliphatic carbocycles. The lowest BCUT2D eigenvalue weighted by atomic mass is 9.87. The van der Waals surface area contributed by atoms with Gasteiger partial charge in [0.2, 0.25) is 11.8 Å². The normalized spacial score (nSPS) is 19.6. The van der Waals surface area contributed by atoms with Crippen molar-refractivity contribution in [2.24, 2.45) is 0 Å². The molecule has 1 N–H and O–H groups in total. The third-order valence-corrected chi connectivity index (χ3v) is 7.79. The van der Waals surface area contributed by atoms with Crippen LogP contribution in [-0.4, -0.2) is 45.6 Å². The Morgan fingerprint density at radius 3 is 2.62 bits per heavy atom. The van der Waals surface area contributed by atoms with Crippen molar-refractivity contribution in [3.63, 3.8) is 0 Å². The number of amides is 3. The first-order valence-electron chi connectivity index (χ1n) is 12.4. The number of alkyl halides is 2. The van der Waals surface area contributed by atoms with E-state index in [2.05, 4.69) is 16.9 Å². The highest BCUT2D eigenvalue weighted by Crippen LogP contribution is 2.39. The minimum absolute atomic E-state index is 0.0264. The van der Waals surface area contributed by atoms with Crippen LogP contribution in [0.4, 0.5) is 19.0 Å². The minimum atomic E-state index is -2.90. The third kappa shape index (κ3) is 5.89. The monoisotopic (exact) mass is 663 g/mol. The lowest BCUT2D eigenvalue weighted by Crippen LogP contribution is -2.55. The van der Waals surface area contributed by atoms with Crippen molar-refractivity contribution in [1.82, 2.24) is 15.2 Å². The predicted molar refractivity (Wildman–Crippen MR) is 148 cm³/mol. The second kappa shape index (κ2) is 11.8. The Balaban J connectivity index is 1.82. The zero-order chi connectivity index (χ0) is 29.2. The molecule has 2 aromatic rings. The molecule has 0 radical (unpaired) electrons. The number of nitrogens with zero attached hydrogens (tertiary/aromatic N) is 4. The lowest BCUT2D eigenvalue weighted by molar-refractivity contribution is -0.142. The molecule has 2 fully saturated rings. The van der Waals surface area contributed by atoms with Gasteiger partial charge in [0.1, 0.15) is 23.7 Å². The molecule has 2 heterocycles. The molecule has 2 aliphatic rings. The van der Waals surface area contributed by atoms with Crippen LogP contribution < -0.4 is 10.2 Å². The summed E-state index contributed by atoms with van der Waals surface area (Å²) in [5, 5.41) is 11.9. The molecule has 40 heavy (non-hydrogen) atoms. The lowest BCUT2D eigenvalue weighted by Gasteiger charge is -2.39. The van der Waals surface area contributed by atoms with Gasteiger partial charge in [-0.05, 0) is 65.8 Å². The standard InChI is InChI=1S/C28H25F3IN5O3/c1-3-21(16(2)29)37(27(40)22-8-9-24(38)36(22)23-12-17(15-33)10-11-34-23)25(19-6-4-5-7-20(19)32)26(39)35-18-13-28(30,31)14-18/h3-7,10-12,18,22,25H,1,8-9,13-14H2,2H3,(H,35,39)/b21-16-/t22-,25-/m0/s1.